The van der Waals surface area contributed by atoms with Crippen LogP contribution >= 0.6 is 23.2 Å². The molecule has 1 aromatic heterocycles. The van der Waals surface area contributed by atoms with Crippen LogP contribution in [0.4, 0.5) is 11.9 Å². The van der Waals surface area contributed by atoms with Crippen LogP contribution in [0.2, 0.25) is 10.0 Å². The van der Waals surface area contributed by atoms with Crippen molar-refractivity contribution >= 4 is 45.1 Å². The standard InChI is InChI=1S/C18H17Cl2N5O2S/c1-28(26,27)24-17-22-18-21-15(11-2-6-13(19)7-3-11)10-16(25(18)23-17)12-4-8-14(20)9-5-12/h2-9,15-16H,10H2,1H3,(H2,21,22,23,24). The van der Waals surface area contributed by atoms with Crippen molar-refractivity contribution in [3.05, 3.63) is 69.7 Å². The van der Waals surface area contributed by atoms with Crippen molar-refractivity contribution in [1.29, 1.82) is 0 Å². The highest BCUT2D eigenvalue weighted by Crippen LogP contribution is 2.38. The third-order valence-corrected chi connectivity index (χ3v) is 5.55. The Morgan fingerprint density at radius 1 is 1.04 bits per heavy atom. The molecule has 28 heavy (non-hydrogen) atoms. The lowest BCUT2D eigenvalue weighted by atomic mass is 9.93. The fraction of sp³-hybridized carbons (Fsp3) is 0.222. The van der Waals surface area contributed by atoms with E-state index in [9.17, 15) is 8.42 Å². The third kappa shape index (κ3) is 4.09. The lowest BCUT2D eigenvalue weighted by Crippen LogP contribution is -2.28. The molecule has 2 N–H and O–H groups in total. The number of halogens is 2. The zero-order valence-electron chi connectivity index (χ0n) is 14.8. The molecule has 0 saturated heterocycles. The predicted molar refractivity (Wildman–Crippen MR) is 111 cm³/mol. The van der Waals surface area contributed by atoms with Crippen molar-refractivity contribution in [3.63, 3.8) is 0 Å². The number of sulfonamides is 1. The van der Waals surface area contributed by atoms with Gasteiger partial charge in [-0.05, 0) is 41.8 Å². The molecule has 2 atom stereocenters. The molecule has 7 nitrogen and oxygen atoms in total. The van der Waals surface area contributed by atoms with Crippen molar-refractivity contribution in [3.8, 4) is 0 Å². The molecule has 1 aliphatic rings. The van der Waals surface area contributed by atoms with Gasteiger partial charge in [-0.3, -0.25) is 4.72 Å². The zero-order chi connectivity index (χ0) is 19.9. The predicted octanol–water partition coefficient (Wildman–Crippen LogP) is 4.10. The number of hydrogen-bond donors (Lipinski definition) is 2. The maximum absolute atomic E-state index is 11.6. The number of benzene rings is 2. The van der Waals surface area contributed by atoms with Crippen LogP contribution in [-0.4, -0.2) is 29.4 Å². The molecule has 0 amide bonds. The minimum atomic E-state index is -3.48. The molecular formula is C18H17Cl2N5O2S. The Morgan fingerprint density at radius 2 is 1.61 bits per heavy atom. The average molecular weight is 438 g/mol. The van der Waals surface area contributed by atoms with Crippen molar-refractivity contribution < 1.29 is 8.42 Å². The van der Waals surface area contributed by atoms with E-state index in [0.29, 0.717) is 22.4 Å². The van der Waals surface area contributed by atoms with Crippen LogP contribution in [-0.2, 0) is 10.0 Å². The Balaban J connectivity index is 1.75. The minimum absolute atomic E-state index is 0.0284. The minimum Gasteiger partial charge on any atom is -0.347 e. The fourth-order valence-electron chi connectivity index (χ4n) is 3.26. The van der Waals surface area contributed by atoms with Crippen LogP contribution in [0.5, 0.6) is 0 Å². The Bertz CT molecular complexity index is 1100. The summed E-state index contributed by atoms with van der Waals surface area (Å²) in [5, 5.41) is 9.00. The highest BCUT2D eigenvalue weighted by atomic mass is 35.5. The molecular weight excluding hydrogens is 421 g/mol. The molecule has 2 heterocycles. The molecule has 0 fully saturated rings. The van der Waals surface area contributed by atoms with E-state index in [-0.39, 0.29) is 18.0 Å². The van der Waals surface area contributed by atoms with Crippen LogP contribution in [0.3, 0.4) is 0 Å². The molecule has 0 radical (unpaired) electrons. The van der Waals surface area contributed by atoms with Gasteiger partial charge in [-0.15, -0.1) is 5.10 Å². The molecule has 146 valence electrons. The maximum Gasteiger partial charge on any atom is 0.257 e. The van der Waals surface area contributed by atoms with Crippen molar-refractivity contribution in [2.24, 2.45) is 0 Å². The van der Waals surface area contributed by atoms with Gasteiger partial charge in [0.1, 0.15) is 0 Å². The molecule has 10 heteroatoms. The number of hydrogen-bond acceptors (Lipinski definition) is 5. The smallest absolute Gasteiger partial charge is 0.257 e. The van der Waals surface area contributed by atoms with Gasteiger partial charge < -0.3 is 5.32 Å². The SMILES string of the molecule is CS(=O)(=O)Nc1nc2n(n1)C(c1ccc(Cl)cc1)CC(c1ccc(Cl)cc1)N2. The number of anilines is 2. The summed E-state index contributed by atoms with van der Waals surface area (Å²) in [6.45, 7) is 0. The van der Waals surface area contributed by atoms with Gasteiger partial charge in [-0.1, -0.05) is 47.5 Å². The van der Waals surface area contributed by atoms with Gasteiger partial charge in [0.05, 0.1) is 18.3 Å². The van der Waals surface area contributed by atoms with E-state index >= 15 is 0 Å². The quantitative estimate of drug-likeness (QED) is 0.640. The van der Waals surface area contributed by atoms with E-state index in [4.69, 9.17) is 23.2 Å². The Hall–Kier alpha value is -2.29. The van der Waals surface area contributed by atoms with Crippen molar-refractivity contribution in [2.75, 3.05) is 16.3 Å². The molecule has 0 saturated carbocycles. The summed E-state index contributed by atoms with van der Waals surface area (Å²) in [6.07, 6.45) is 1.76. The first-order valence-corrected chi connectivity index (χ1v) is 11.1. The monoisotopic (exact) mass is 437 g/mol. The average Bonchev–Trinajstić information content (AvgIpc) is 3.02. The van der Waals surface area contributed by atoms with E-state index in [1.165, 1.54) is 0 Å². The van der Waals surface area contributed by atoms with E-state index in [2.05, 4.69) is 20.1 Å². The Labute approximate surface area is 172 Å². The summed E-state index contributed by atoms with van der Waals surface area (Å²) in [5.41, 5.74) is 2.05. The molecule has 0 bridgehead atoms. The lowest BCUT2D eigenvalue weighted by Gasteiger charge is -2.31. The lowest BCUT2D eigenvalue weighted by molar-refractivity contribution is 0.431. The first-order valence-electron chi connectivity index (χ1n) is 8.50. The molecule has 0 aliphatic carbocycles. The van der Waals surface area contributed by atoms with Crippen LogP contribution in [0.15, 0.2) is 48.5 Å². The number of rotatable bonds is 4. The first-order chi connectivity index (χ1) is 13.3. The van der Waals surface area contributed by atoms with Crippen molar-refractivity contribution in [2.45, 2.75) is 18.5 Å². The van der Waals surface area contributed by atoms with Crippen LogP contribution < -0.4 is 10.0 Å². The van der Waals surface area contributed by atoms with E-state index in [1.807, 2.05) is 48.5 Å². The third-order valence-electron chi connectivity index (χ3n) is 4.49. The summed E-state index contributed by atoms with van der Waals surface area (Å²) in [6, 6.07) is 14.9. The summed E-state index contributed by atoms with van der Waals surface area (Å²) in [7, 11) is -3.48. The van der Waals surface area contributed by atoms with Crippen LogP contribution in [0.1, 0.15) is 29.6 Å². The van der Waals surface area contributed by atoms with Crippen LogP contribution in [0, 0.1) is 0 Å². The second kappa shape index (κ2) is 7.27. The van der Waals surface area contributed by atoms with Gasteiger partial charge in [0, 0.05) is 10.0 Å². The summed E-state index contributed by atoms with van der Waals surface area (Å²) >= 11 is 12.0. The largest absolute Gasteiger partial charge is 0.347 e. The normalized spacial score (nSPS) is 19.0. The summed E-state index contributed by atoms with van der Waals surface area (Å²) < 4.78 is 27.2. The van der Waals surface area contributed by atoms with Crippen LogP contribution in [0.25, 0.3) is 0 Å². The first kappa shape index (κ1) is 19.0. The maximum atomic E-state index is 11.6. The number of nitrogens with one attached hydrogen (secondary N) is 2. The van der Waals surface area contributed by atoms with Gasteiger partial charge in [-0.25, -0.2) is 13.1 Å². The molecule has 3 aromatic rings. The van der Waals surface area contributed by atoms with E-state index in [1.54, 1.807) is 4.68 Å². The van der Waals surface area contributed by atoms with Gasteiger partial charge in [0.2, 0.25) is 16.0 Å². The molecule has 2 unspecified atom stereocenters. The van der Waals surface area contributed by atoms with E-state index in [0.717, 1.165) is 17.4 Å². The zero-order valence-corrected chi connectivity index (χ0v) is 17.1. The number of aromatic nitrogens is 3. The molecule has 4 rings (SSSR count). The second-order valence-electron chi connectivity index (χ2n) is 6.63. The Morgan fingerprint density at radius 3 is 2.18 bits per heavy atom. The summed E-state index contributed by atoms with van der Waals surface area (Å²) in [4.78, 5) is 4.32. The number of fused-ring (bicyclic) bond motifs is 1. The molecule has 2 aromatic carbocycles. The number of nitrogens with zero attached hydrogens (tertiary/aromatic N) is 3. The topological polar surface area (TPSA) is 88.9 Å². The van der Waals surface area contributed by atoms with Gasteiger partial charge >= 0.3 is 0 Å². The van der Waals surface area contributed by atoms with Gasteiger partial charge in [0.15, 0.2) is 0 Å². The fourth-order valence-corrected chi connectivity index (χ4v) is 3.93. The molecule has 1 aliphatic heterocycles. The van der Waals surface area contributed by atoms with Gasteiger partial charge in [0.25, 0.3) is 5.95 Å². The second-order valence-corrected chi connectivity index (χ2v) is 9.25. The summed E-state index contributed by atoms with van der Waals surface area (Å²) in [5.74, 6) is 0.512. The Kier molecular flexibility index (Phi) is 4.95. The van der Waals surface area contributed by atoms with E-state index < -0.39 is 10.0 Å². The highest BCUT2D eigenvalue weighted by molar-refractivity contribution is 7.91. The van der Waals surface area contributed by atoms with Gasteiger partial charge in [-0.2, -0.15) is 4.98 Å². The molecule has 0 spiro atoms. The van der Waals surface area contributed by atoms with Crippen molar-refractivity contribution in [1.82, 2.24) is 14.8 Å². The highest BCUT2D eigenvalue weighted by Gasteiger charge is 2.31.